The molecule has 2 aromatic rings. The van der Waals surface area contributed by atoms with Crippen molar-refractivity contribution in [3.63, 3.8) is 0 Å². The van der Waals surface area contributed by atoms with Crippen molar-refractivity contribution < 1.29 is 19.4 Å². The quantitative estimate of drug-likeness (QED) is 0.903. The molecule has 1 N–H and O–H groups in total. The minimum Gasteiger partial charge on any atom is -0.492 e. The smallest absolute Gasteiger partial charge is 0.330 e. The fourth-order valence-corrected chi connectivity index (χ4v) is 3.94. The van der Waals surface area contributed by atoms with Crippen LogP contribution < -0.4 is 4.74 Å². The summed E-state index contributed by atoms with van der Waals surface area (Å²) in [7, 11) is 0. The van der Waals surface area contributed by atoms with Gasteiger partial charge >= 0.3 is 5.97 Å². The fourth-order valence-electron chi connectivity index (χ4n) is 3.94. The van der Waals surface area contributed by atoms with E-state index in [1.165, 1.54) is 6.33 Å². The highest BCUT2D eigenvalue weighted by molar-refractivity contribution is 5.81. The van der Waals surface area contributed by atoms with Gasteiger partial charge in [0.1, 0.15) is 17.9 Å². The van der Waals surface area contributed by atoms with Crippen LogP contribution in [0.3, 0.4) is 0 Å². The molecule has 0 spiro atoms. The van der Waals surface area contributed by atoms with Gasteiger partial charge in [0.15, 0.2) is 0 Å². The number of nitrogens with zero attached hydrogens (tertiary/aromatic N) is 3. The molecule has 7 nitrogen and oxygen atoms in total. The molecule has 1 fully saturated rings. The number of hydrogen-bond donors (Lipinski definition) is 1. The zero-order valence-electron chi connectivity index (χ0n) is 14.4. The number of ether oxygens (including phenoxy) is 1. The lowest BCUT2D eigenvalue weighted by Gasteiger charge is -2.41. The number of fused-ring (bicyclic) bond motifs is 1. The van der Waals surface area contributed by atoms with Crippen LogP contribution in [0.1, 0.15) is 18.4 Å². The lowest BCUT2D eigenvalue weighted by Crippen LogP contribution is -2.53. The van der Waals surface area contributed by atoms with E-state index in [0.717, 1.165) is 11.3 Å². The van der Waals surface area contributed by atoms with Crippen molar-refractivity contribution in [1.82, 2.24) is 14.5 Å². The minimum absolute atomic E-state index is 0.0455. The van der Waals surface area contributed by atoms with Gasteiger partial charge < -0.3 is 19.3 Å². The van der Waals surface area contributed by atoms with Crippen LogP contribution in [0.4, 0.5) is 0 Å². The van der Waals surface area contributed by atoms with Crippen molar-refractivity contribution in [2.24, 2.45) is 5.92 Å². The van der Waals surface area contributed by atoms with Gasteiger partial charge in [-0.3, -0.25) is 4.79 Å². The Morgan fingerprint density at radius 1 is 1.23 bits per heavy atom. The van der Waals surface area contributed by atoms with Gasteiger partial charge in [0.25, 0.3) is 0 Å². The molecule has 3 heterocycles. The number of carbonyl (C=O) groups is 2. The van der Waals surface area contributed by atoms with Gasteiger partial charge in [0, 0.05) is 25.5 Å². The monoisotopic (exact) mass is 355 g/mol. The molecule has 0 bridgehead atoms. The third-order valence-electron chi connectivity index (χ3n) is 5.53. The fraction of sp³-hybridized carbons (Fsp3) is 0.421. The molecule has 2 aliphatic heterocycles. The van der Waals surface area contributed by atoms with E-state index >= 15 is 0 Å². The average Bonchev–Trinajstić information content (AvgIpc) is 3.22. The first kappa shape index (κ1) is 16.6. The van der Waals surface area contributed by atoms with E-state index in [-0.39, 0.29) is 11.8 Å². The highest BCUT2D eigenvalue weighted by atomic mass is 16.5. The summed E-state index contributed by atoms with van der Waals surface area (Å²) >= 11 is 0. The molecule has 1 amide bonds. The standard InChI is InChI=1S/C19H21N3O4/c23-17(15-11-14-3-1-2-4-16(14)26-12-15)21-8-5-19(6-9-21,18(24)25)22-10-7-20-13-22/h1-4,7,10,13,15H,5-6,8-9,11-12H2,(H,24,25)/t15-/m0/s1. The highest BCUT2D eigenvalue weighted by Gasteiger charge is 2.44. The Hall–Kier alpha value is -2.83. The number of aliphatic carboxylic acids is 1. The Morgan fingerprint density at radius 2 is 2.00 bits per heavy atom. The lowest BCUT2D eigenvalue weighted by molar-refractivity contribution is -0.153. The van der Waals surface area contributed by atoms with Crippen molar-refractivity contribution in [3.05, 3.63) is 48.5 Å². The van der Waals surface area contributed by atoms with E-state index in [0.29, 0.717) is 39.0 Å². The number of imidazole rings is 1. The predicted octanol–water partition coefficient (Wildman–Crippen LogP) is 1.54. The molecule has 7 heteroatoms. The molecule has 0 aliphatic carbocycles. The van der Waals surface area contributed by atoms with Crippen LogP contribution in [0.2, 0.25) is 0 Å². The van der Waals surface area contributed by atoms with Gasteiger partial charge in [-0.2, -0.15) is 0 Å². The Balaban J connectivity index is 1.45. The normalized spacial score (nSPS) is 21.5. The number of benzene rings is 1. The third kappa shape index (κ3) is 2.73. The second-order valence-electron chi connectivity index (χ2n) is 6.95. The Bertz CT molecular complexity index is 810. The molecule has 2 aliphatic rings. The molecule has 1 aromatic heterocycles. The number of carboxylic acids is 1. The number of hydrogen-bond acceptors (Lipinski definition) is 4. The summed E-state index contributed by atoms with van der Waals surface area (Å²) < 4.78 is 7.38. The van der Waals surface area contributed by atoms with Crippen molar-refractivity contribution in [1.29, 1.82) is 0 Å². The van der Waals surface area contributed by atoms with Gasteiger partial charge in [0.2, 0.25) is 5.91 Å². The predicted molar refractivity (Wildman–Crippen MR) is 92.8 cm³/mol. The van der Waals surface area contributed by atoms with E-state index in [9.17, 15) is 14.7 Å². The largest absolute Gasteiger partial charge is 0.492 e. The van der Waals surface area contributed by atoms with E-state index in [1.54, 1.807) is 21.9 Å². The second-order valence-corrected chi connectivity index (χ2v) is 6.95. The van der Waals surface area contributed by atoms with Crippen LogP contribution in [-0.2, 0) is 21.5 Å². The van der Waals surface area contributed by atoms with E-state index < -0.39 is 11.5 Å². The molecular formula is C19H21N3O4. The summed E-state index contributed by atoms with van der Waals surface area (Å²) in [6.45, 7) is 1.21. The number of carbonyl (C=O) groups excluding carboxylic acids is 1. The van der Waals surface area contributed by atoms with E-state index in [1.807, 2.05) is 24.3 Å². The average molecular weight is 355 g/mol. The molecule has 1 aromatic carbocycles. The number of piperidine rings is 1. The van der Waals surface area contributed by atoms with Gasteiger partial charge in [-0.25, -0.2) is 9.78 Å². The molecule has 26 heavy (non-hydrogen) atoms. The van der Waals surface area contributed by atoms with Crippen LogP contribution in [0.25, 0.3) is 0 Å². The van der Waals surface area contributed by atoms with Crippen LogP contribution in [0, 0.1) is 5.92 Å². The molecule has 0 unspecified atom stereocenters. The molecule has 136 valence electrons. The zero-order chi connectivity index (χ0) is 18.1. The molecule has 1 saturated heterocycles. The van der Waals surface area contributed by atoms with E-state index in [2.05, 4.69) is 4.98 Å². The molecular weight excluding hydrogens is 334 g/mol. The van der Waals surface area contributed by atoms with Crippen molar-refractivity contribution in [2.75, 3.05) is 19.7 Å². The maximum atomic E-state index is 12.9. The second kappa shape index (κ2) is 6.48. The van der Waals surface area contributed by atoms with Gasteiger partial charge in [-0.15, -0.1) is 0 Å². The molecule has 4 rings (SSSR count). The SMILES string of the molecule is O=C([C@@H]1COc2ccccc2C1)N1CCC(C(=O)O)(n2ccnc2)CC1. The molecule has 0 radical (unpaired) electrons. The minimum atomic E-state index is -1.02. The number of para-hydroxylation sites is 1. The summed E-state index contributed by atoms with van der Waals surface area (Å²) in [4.78, 5) is 30.6. The summed E-state index contributed by atoms with van der Waals surface area (Å²) in [6, 6.07) is 7.78. The van der Waals surface area contributed by atoms with Crippen molar-refractivity contribution >= 4 is 11.9 Å². The van der Waals surface area contributed by atoms with Crippen LogP contribution >= 0.6 is 0 Å². The number of aromatic nitrogens is 2. The Morgan fingerprint density at radius 3 is 2.69 bits per heavy atom. The number of rotatable bonds is 3. The van der Waals surface area contributed by atoms with Crippen LogP contribution in [0.5, 0.6) is 5.75 Å². The first-order valence-electron chi connectivity index (χ1n) is 8.81. The summed E-state index contributed by atoms with van der Waals surface area (Å²) in [5.74, 6) is -0.197. The highest BCUT2D eigenvalue weighted by Crippen LogP contribution is 2.33. The summed E-state index contributed by atoms with van der Waals surface area (Å²) in [5.41, 5.74) is 0.0237. The Kier molecular flexibility index (Phi) is 4.14. The number of likely N-dealkylation sites (tertiary alicyclic amines) is 1. The van der Waals surface area contributed by atoms with E-state index in [4.69, 9.17) is 4.74 Å². The van der Waals surface area contributed by atoms with Crippen molar-refractivity contribution in [2.45, 2.75) is 24.8 Å². The van der Waals surface area contributed by atoms with Crippen LogP contribution in [0.15, 0.2) is 43.0 Å². The van der Waals surface area contributed by atoms with Gasteiger partial charge in [0.05, 0.1) is 12.2 Å². The van der Waals surface area contributed by atoms with Crippen molar-refractivity contribution in [3.8, 4) is 5.75 Å². The molecule has 1 atom stereocenters. The third-order valence-corrected chi connectivity index (χ3v) is 5.53. The lowest BCUT2D eigenvalue weighted by atomic mass is 9.86. The first-order valence-corrected chi connectivity index (χ1v) is 8.81. The summed E-state index contributed by atoms with van der Waals surface area (Å²) in [6.07, 6.45) is 6.20. The molecule has 0 saturated carbocycles. The number of amides is 1. The first-order chi connectivity index (χ1) is 12.6. The van der Waals surface area contributed by atoms with Gasteiger partial charge in [-0.1, -0.05) is 18.2 Å². The topological polar surface area (TPSA) is 84.7 Å². The maximum Gasteiger partial charge on any atom is 0.330 e. The number of carboxylic acid groups (broad SMARTS) is 1. The van der Waals surface area contributed by atoms with Gasteiger partial charge in [-0.05, 0) is 30.9 Å². The maximum absolute atomic E-state index is 12.9. The van der Waals surface area contributed by atoms with Crippen LogP contribution in [-0.4, -0.2) is 51.1 Å². The summed E-state index contributed by atoms with van der Waals surface area (Å²) in [5, 5.41) is 9.77. The zero-order valence-corrected chi connectivity index (χ0v) is 14.4. The Labute approximate surface area is 151 Å².